The molecule has 3 aromatic rings. The van der Waals surface area contributed by atoms with Gasteiger partial charge < -0.3 is 20.3 Å². The Morgan fingerprint density at radius 3 is 2.48 bits per heavy atom. The maximum absolute atomic E-state index is 12.6. The van der Waals surface area contributed by atoms with Crippen molar-refractivity contribution in [1.29, 1.82) is 0 Å². The molecule has 29 heavy (non-hydrogen) atoms. The third-order valence-corrected chi connectivity index (χ3v) is 5.70. The van der Waals surface area contributed by atoms with Crippen molar-refractivity contribution in [3.63, 3.8) is 0 Å². The molecule has 2 heterocycles. The van der Waals surface area contributed by atoms with Gasteiger partial charge in [0.25, 0.3) is 5.91 Å². The topological polar surface area (TPSA) is 70.7 Å². The van der Waals surface area contributed by atoms with Crippen LogP contribution in [0, 0.1) is 0 Å². The highest BCUT2D eigenvalue weighted by atomic mass is 32.1. The van der Waals surface area contributed by atoms with Gasteiger partial charge in [0.1, 0.15) is 5.75 Å². The molecule has 4 rings (SSSR count). The average Bonchev–Trinajstić information content (AvgIpc) is 3.28. The number of amides is 3. The average molecular weight is 407 g/mol. The second-order valence-corrected chi connectivity index (χ2v) is 7.69. The fourth-order valence-corrected chi connectivity index (χ4v) is 4.02. The number of methoxy groups -OCH3 is 1. The fraction of sp³-hybridized carbons (Fsp3) is 0.182. The van der Waals surface area contributed by atoms with E-state index < -0.39 is 0 Å². The summed E-state index contributed by atoms with van der Waals surface area (Å²) >= 11 is 1.46. The van der Waals surface area contributed by atoms with E-state index in [1.54, 1.807) is 31.4 Å². The summed E-state index contributed by atoms with van der Waals surface area (Å²) in [5.41, 5.74) is 3.64. The number of benzene rings is 2. The van der Waals surface area contributed by atoms with Crippen molar-refractivity contribution in [2.75, 3.05) is 24.3 Å². The number of hydrogen-bond acceptors (Lipinski definition) is 4. The number of carbonyl (C=O) groups excluding carboxylic acids is 2. The van der Waals surface area contributed by atoms with Crippen LogP contribution in [0.5, 0.6) is 5.75 Å². The first-order chi connectivity index (χ1) is 14.1. The van der Waals surface area contributed by atoms with E-state index >= 15 is 0 Å². The Hall–Kier alpha value is -3.32. The van der Waals surface area contributed by atoms with E-state index in [2.05, 4.69) is 10.6 Å². The fourth-order valence-electron chi connectivity index (χ4n) is 3.33. The molecule has 0 bridgehead atoms. The molecule has 2 N–H and O–H groups in total. The summed E-state index contributed by atoms with van der Waals surface area (Å²) in [6.45, 7) is 1.25. The molecule has 7 heteroatoms. The van der Waals surface area contributed by atoms with Gasteiger partial charge in [0, 0.05) is 24.5 Å². The van der Waals surface area contributed by atoms with E-state index in [1.807, 2.05) is 40.6 Å². The normalized spacial score (nSPS) is 12.8. The third kappa shape index (κ3) is 4.41. The van der Waals surface area contributed by atoms with Gasteiger partial charge in [0.15, 0.2) is 0 Å². The lowest BCUT2D eigenvalue weighted by Gasteiger charge is -2.29. The third-order valence-electron chi connectivity index (χ3n) is 4.84. The molecule has 0 atom stereocenters. The minimum Gasteiger partial charge on any atom is -0.497 e. The Bertz CT molecular complexity index is 1020. The van der Waals surface area contributed by atoms with Crippen molar-refractivity contribution < 1.29 is 14.3 Å². The molecule has 1 aromatic heterocycles. The van der Waals surface area contributed by atoms with E-state index in [9.17, 15) is 9.59 Å². The Labute approximate surface area is 173 Å². The number of rotatable bonds is 4. The smallest absolute Gasteiger partial charge is 0.323 e. The molecule has 0 spiro atoms. The van der Waals surface area contributed by atoms with Crippen LogP contribution in [0.4, 0.5) is 16.2 Å². The summed E-state index contributed by atoms with van der Waals surface area (Å²) < 4.78 is 5.12. The standard InChI is InChI=1S/C22H21N3O3S/c1-28-19-8-6-17(7-9-19)23-22(27)24-18-5-4-15-10-11-25(14-16(15)13-18)21(26)20-3-2-12-29-20/h2-9,12-13H,10-11,14H2,1H3,(H2,23,24,27). The van der Waals surface area contributed by atoms with Gasteiger partial charge in [-0.1, -0.05) is 12.1 Å². The molecule has 0 fully saturated rings. The number of thiophene rings is 1. The molecule has 3 amide bonds. The monoisotopic (exact) mass is 407 g/mol. The number of nitrogens with one attached hydrogen (secondary N) is 2. The molecular weight excluding hydrogens is 386 g/mol. The minimum absolute atomic E-state index is 0.0567. The molecule has 1 aliphatic heterocycles. The van der Waals surface area contributed by atoms with Crippen LogP contribution in [-0.2, 0) is 13.0 Å². The summed E-state index contributed by atoms with van der Waals surface area (Å²) in [6.07, 6.45) is 0.810. The molecule has 0 saturated heterocycles. The number of carbonyl (C=O) groups is 2. The SMILES string of the molecule is COc1ccc(NC(=O)Nc2ccc3c(c2)CN(C(=O)c2cccs2)CC3)cc1. The maximum atomic E-state index is 12.6. The van der Waals surface area contributed by atoms with Crippen molar-refractivity contribution in [2.24, 2.45) is 0 Å². The van der Waals surface area contributed by atoms with Crippen molar-refractivity contribution >= 4 is 34.6 Å². The predicted molar refractivity (Wildman–Crippen MR) is 115 cm³/mol. The molecule has 6 nitrogen and oxygen atoms in total. The summed E-state index contributed by atoms with van der Waals surface area (Å²) in [7, 11) is 1.60. The number of nitrogens with zero attached hydrogens (tertiary/aromatic N) is 1. The molecule has 2 aromatic carbocycles. The van der Waals surface area contributed by atoms with Gasteiger partial charge in [-0.3, -0.25) is 4.79 Å². The highest BCUT2D eigenvalue weighted by molar-refractivity contribution is 7.12. The predicted octanol–water partition coefficient (Wildman–Crippen LogP) is 4.60. The van der Waals surface area contributed by atoms with Gasteiger partial charge >= 0.3 is 6.03 Å². The van der Waals surface area contributed by atoms with Crippen LogP contribution in [0.15, 0.2) is 60.0 Å². The number of fused-ring (bicyclic) bond motifs is 1. The summed E-state index contributed by atoms with van der Waals surface area (Å²) in [5.74, 6) is 0.786. The highest BCUT2D eigenvalue weighted by Crippen LogP contribution is 2.25. The second-order valence-electron chi connectivity index (χ2n) is 6.75. The van der Waals surface area contributed by atoms with Gasteiger partial charge in [-0.2, -0.15) is 0 Å². The molecule has 148 valence electrons. The van der Waals surface area contributed by atoms with Gasteiger partial charge in [-0.15, -0.1) is 11.3 Å². The Kier molecular flexibility index (Phi) is 5.48. The molecular formula is C22H21N3O3S. The van der Waals surface area contributed by atoms with Crippen molar-refractivity contribution in [3.8, 4) is 5.75 Å². The maximum Gasteiger partial charge on any atom is 0.323 e. The van der Waals surface area contributed by atoms with Gasteiger partial charge in [0.2, 0.25) is 0 Å². The van der Waals surface area contributed by atoms with E-state index in [0.29, 0.717) is 24.5 Å². The number of urea groups is 1. The largest absolute Gasteiger partial charge is 0.497 e. The lowest BCUT2D eigenvalue weighted by molar-refractivity contribution is 0.0739. The first-order valence-electron chi connectivity index (χ1n) is 9.29. The Morgan fingerprint density at radius 1 is 1.00 bits per heavy atom. The number of ether oxygens (including phenoxy) is 1. The van der Waals surface area contributed by atoms with E-state index in [-0.39, 0.29) is 11.9 Å². The highest BCUT2D eigenvalue weighted by Gasteiger charge is 2.22. The Morgan fingerprint density at radius 2 is 1.76 bits per heavy atom. The van der Waals surface area contributed by atoms with Crippen LogP contribution in [0.2, 0.25) is 0 Å². The molecule has 1 aliphatic rings. The van der Waals surface area contributed by atoms with Gasteiger partial charge in [-0.25, -0.2) is 4.79 Å². The Balaban J connectivity index is 1.41. The second kappa shape index (κ2) is 8.36. The zero-order valence-corrected chi connectivity index (χ0v) is 16.8. The molecule has 0 saturated carbocycles. The first-order valence-corrected chi connectivity index (χ1v) is 10.2. The minimum atomic E-state index is -0.322. The molecule has 0 aliphatic carbocycles. The zero-order chi connectivity index (χ0) is 20.2. The molecule has 0 radical (unpaired) electrons. The molecule has 0 unspecified atom stereocenters. The van der Waals surface area contributed by atoms with Crippen molar-refractivity contribution in [1.82, 2.24) is 4.90 Å². The van der Waals surface area contributed by atoms with Crippen LogP contribution in [-0.4, -0.2) is 30.5 Å². The first kappa shape index (κ1) is 19.0. The van der Waals surface area contributed by atoms with Crippen molar-refractivity contribution in [3.05, 3.63) is 76.0 Å². The van der Waals surface area contributed by atoms with Gasteiger partial charge in [0.05, 0.1) is 12.0 Å². The zero-order valence-electron chi connectivity index (χ0n) is 16.0. The van der Waals surface area contributed by atoms with Crippen LogP contribution >= 0.6 is 11.3 Å². The van der Waals surface area contributed by atoms with E-state index in [0.717, 1.165) is 22.6 Å². The summed E-state index contributed by atoms with van der Waals surface area (Å²) in [5, 5.41) is 7.57. The number of anilines is 2. The lowest BCUT2D eigenvalue weighted by Crippen LogP contribution is -2.35. The summed E-state index contributed by atoms with van der Waals surface area (Å²) in [6, 6.07) is 16.4. The van der Waals surface area contributed by atoms with E-state index in [4.69, 9.17) is 4.74 Å². The quantitative estimate of drug-likeness (QED) is 0.664. The van der Waals surface area contributed by atoms with Crippen LogP contribution in [0.1, 0.15) is 20.8 Å². The van der Waals surface area contributed by atoms with Gasteiger partial charge in [-0.05, 0) is 65.4 Å². The lowest BCUT2D eigenvalue weighted by atomic mass is 9.99. The van der Waals surface area contributed by atoms with Crippen LogP contribution in [0.3, 0.4) is 0 Å². The van der Waals surface area contributed by atoms with E-state index in [1.165, 1.54) is 16.9 Å². The summed E-state index contributed by atoms with van der Waals surface area (Å²) in [4.78, 5) is 27.6. The number of hydrogen-bond donors (Lipinski definition) is 2. The van der Waals surface area contributed by atoms with Crippen LogP contribution in [0.25, 0.3) is 0 Å². The van der Waals surface area contributed by atoms with Crippen LogP contribution < -0.4 is 15.4 Å². The van der Waals surface area contributed by atoms with Crippen molar-refractivity contribution in [2.45, 2.75) is 13.0 Å².